The molecule has 0 saturated heterocycles. The largest absolute Gasteiger partial charge is 0.494 e. The van der Waals surface area contributed by atoms with Crippen molar-refractivity contribution in [1.29, 1.82) is 0 Å². The molecule has 1 rings (SSSR count). The zero-order valence-corrected chi connectivity index (χ0v) is 12.4. The fraction of sp³-hybridized carbons (Fsp3) is 0.562. The Hall–Kier alpha value is -1.58. The summed E-state index contributed by atoms with van der Waals surface area (Å²) in [6.07, 6.45) is 3.36. The molecule has 0 aromatic heterocycles. The lowest BCUT2D eigenvalue weighted by Gasteiger charge is -2.16. The number of carboxylic acids is 1. The van der Waals surface area contributed by atoms with Gasteiger partial charge in [-0.2, -0.15) is 0 Å². The highest BCUT2D eigenvalue weighted by atomic mass is 19.1. The molecule has 20 heavy (non-hydrogen) atoms. The van der Waals surface area contributed by atoms with E-state index in [1.807, 2.05) is 13.8 Å². The summed E-state index contributed by atoms with van der Waals surface area (Å²) in [7, 11) is 1.44. The first-order valence-electron chi connectivity index (χ1n) is 7.12. The monoisotopic (exact) mass is 282 g/mol. The Kier molecular flexibility index (Phi) is 6.49. The van der Waals surface area contributed by atoms with Crippen molar-refractivity contribution in [1.82, 2.24) is 0 Å². The number of carbonyl (C=O) groups is 1. The molecule has 1 unspecified atom stereocenters. The molecular weight excluding hydrogens is 259 g/mol. The first-order chi connectivity index (χ1) is 9.54. The van der Waals surface area contributed by atoms with E-state index < -0.39 is 11.9 Å². The summed E-state index contributed by atoms with van der Waals surface area (Å²) in [6.45, 7) is 3.88. The van der Waals surface area contributed by atoms with Crippen LogP contribution in [0.3, 0.4) is 0 Å². The van der Waals surface area contributed by atoms with Crippen LogP contribution in [0.1, 0.15) is 44.2 Å². The lowest BCUT2D eigenvalue weighted by atomic mass is 9.91. The first-order valence-corrected chi connectivity index (χ1v) is 7.12. The van der Waals surface area contributed by atoms with Gasteiger partial charge in [-0.05, 0) is 42.9 Å². The van der Waals surface area contributed by atoms with Gasteiger partial charge in [-0.15, -0.1) is 0 Å². The SMILES string of the molecule is CCCCc1c(CC(CC)C(=O)O)ccc(OC)c1F. The highest BCUT2D eigenvalue weighted by Crippen LogP contribution is 2.27. The highest BCUT2D eigenvalue weighted by Gasteiger charge is 2.20. The van der Waals surface area contributed by atoms with Crippen LogP contribution in [-0.4, -0.2) is 18.2 Å². The van der Waals surface area contributed by atoms with Gasteiger partial charge in [-0.1, -0.05) is 26.3 Å². The fourth-order valence-electron chi connectivity index (χ4n) is 2.28. The lowest BCUT2D eigenvalue weighted by Crippen LogP contribution is -2.17. The number of benzene rings is 1. The summed E-state index contributed by atoms with van der Waals surface area (Å²) < 4.78 is 19.3. The van der Waals surface area contributed by atoms with E-state index in [1.54, 1.807) is 12.1 Å². The number of aliphatic carboxylic acids is 1. The zero-order chi connectivity index (χ0) is 15.1. The third kappa shape index (κ3) is 3.95. The van der Waals surface area contributed by atoms with E-state index in [4.69, 9.17) is 9.84 Å². The second kappa shape index (κ2) is 7.88. The molecular formula is C16H23FO3. The number of ether oxygens (including phenoxy) is 1. The summed E-state index contributed by atoms with van der Waals surface area (Å²) in [5.41, 5.74) is 1.39. The van der Waals surface area contributed by atoms with E-state index in [2.05, 4.69) is 0 Å². The molecule has 0 aliphatic carbocycles. The Morgan fingerprint density at radius 3 is 2.60 bits per heavy atom. The van der Waals surface area contributed by atoms with Gasteiger partial charge in [0, 0.05) is 0 Å². The average Bonchev–Trinajstić information content (AvgIpc) is 2.43. The van der Waals surface area contributed by atoms with E-state index in [0.717, 1.165) is 18.4 Å². The number of halogens is 1. The van der Waals surface area contributed by atoms with Crippen LogP contribution in [0, 0.1) is 11.7 Å². The molecule has 0 bridgehead atoms. The molecule has 0 amide bonds. The summed E-state index contributed by atoms with van der Waals surface area (Å²) in [4.78, 5) is 11.1. The molecule has 0 fully saturated rings. The van der Waals surface area contributed by atoms with Crippen LogP contribution in [0.25, 0.3) is 0 Å². The minimum absolute atomic E-state index is 0.225. The molecule has 0 spiro atoms. The second-order valence-corrected chi connectivity index (χ2v) is 4.97. The van der Waals surface area contributed by atoms with Crippen molar-refractivity contribution in [3.05, 3.63) is 29.1 Å². The first kappa shape index (κ1) is 16.5. The van der Waals surface area contributed by atoms with E-state index in [1.165, 1.54) is 7.11 Å². The number of methoxy groups -OCH3 is 1. The normalized spacial score (nSPS) is 12.2. The molecule has 112 valence electrons. The Morgan fingerprint density at radius 2 is 2.10 bits per heavy atom. The Labute approximate surface area is 119 Å². The van der Waals surface area contributed by atoms with Crippen molar-refractivity contribution in [2.45, 2.75) is 46.0 Å². The Balaban J connectivity index is 3.10. The van der Waals surface area contributed by atoms with Gasteiger partial charge < -0.3 is 9.84 Å². The molecule has 0 aliphatic heterocycles. The third-order valence-electron chi connectivity index (χ3n) is 3.61. The van der Waals surface area contributed by atoms with E-state index in [-0.39, 0.29) is 11.6 Å². The van der Waals surface area contributed by atoms with Gasteiger partial charge in [-0.25, -0.2) is 4.39 Å². The van der Waals surface area contributed by atoms with Gasteiger partial charge in [0.15, 0.2) is 11.6 Å². The van der Waals surface area contributed by atoms with Crippen molar-refractivity contribution in [2.75, 3.05) is 7.11 Å². The predicted molar refractivity (Wildman–Crippen MR) is 76.7 cm³/mol. The fourth-order valence-corrected chi connectivity index (χ4v) is 2.28. The van der Waals surface area contributed by atoms with Crippen molar-refractivity contribution < 1.29 is 19.0 Å². The summed E-state index contributed by atoms with van der Waals surface area (Å²) >= 11 is 0. The van der Waals surface area contributed by atoms with E-state index in [0.29, 0.717) is 24.8 Å². The van der Waals surface area contributed by atoms with Crippen LogP contribution in [0.2, 0.25) is 0 Å². The standard InChI is InChI=1S/C16H23FO3/c1-4-6-7-13-12(10-11(5-2)16(18)19)8-9-14(20-3)15(13)17/h8-9,11H,4-7,10H2,1-3H3,(H,18,19). The quantitative estimate of drug-likeness (QED) is 0.788. The Morgan fingerprint density at radius 1 is 1.40 bits per heavy atom. The summed E-state index contributed by atoms with van der Waals surface area (Å²) in [5, 5.41) is 9.15. The second-order valence-electron chi connectivity index (χ2n) is 4.97. The molecule has 1 aromatic rings. The van der Waals surface area contributed by atoms with Gasteiger partial charge in [0.2, 0.25) is 0 Å². The maximum atomic E-state index is 14.3. The molecule has 0 heterocycles. The van der Waals surface area contributed by atoms with Crippen molar-refractivity contribution in [3.63, 3.8) is 0 Å². The van der Waals surface area contributed by atoms with Crippen LogP contribution >= 0.6 is 0 Å². The molecule has 1 N–H and O–H groups in total. The number of unbranched alkanes of at least 4 members (excludes halogenated alkanes) is 1. The van der Waals surface area contributed by atoms with Gasteiger partial charge >= 0.3 is 5.97 Å². The highest BCUT2D eigenvalue weighted by molar-refractivity contribution is 5.70. The minimum Gasteiger partial charge on any atom is -0.494 e. The van der Waals surface area contributed by atoms with Crippen LogP contribution in [0.4, 0.5) is 4.39 Å². The number of carboxylic acid groups (broad SMARTS) is 1. The topological polar surface area (TPSA) is 46.5 Å². The summed E-state index contributed by atoms with van der Waals surface area (Å²) in [6, 6.07) is 3.37. The van der Waals surface area contributed by atoms with Crippen LogP contribution in [0.5, 0.6) is 5.75 Å². The van der Waals surface area contributed by atoms with Crippen LogP contribution in [-0.2, 0) is 17.6 Å². The van der Waals surface area contributed by atoms with Gasteiger partial charge in [0.05, 0.1) is 13.0 Å². The van der Waals surface area contributed by atoms with E-state index in [9.17, 15) is 9.18 Å². The molecule has 1 aromatic carbocycles. The molecule has 3 nitrogen and oxygen atoms in total. The lowest BCUT2D eigenvalue weighted by molar-refractivity contribution is -0.141. The van der Waals surface area contributed by atoms with E-state index >= 15 is 0 Å². The molecule has 0 saturated carbocycles. The number of rotatable bonds is 8. The molecule has 0 radical (unpaired) electrons. The van der Waals surface area contributed by atoms with Gasteiger partial charge in [0.1, 0.15) is 0 Å². The van der Waals surface area contributed by atoms with Crippen molar-refractivity contribution in [2.24, 2.45) is 5.92 Å². The predicted octanol–water partition coefficient (Wildman–Crippen LogP) is 3.83. The maximum absolute atomic E-state index is 14.3. The van der Waals surface area contributed by atoms with Crippen LogP contribution in [0.15, 0.2) is 12.1 Å². The third-order valence-corrected chi connectivity index (χ3v) is 3.61. The number of hydrogen-bond acceptors (Lipinski definition) is 2. The minimum atomic E-state index is -0.829. The zero-order valence-electron chi connectivity index (χ0n) is 12.4. The molecule has 1 atom stereocenters. The van der Waals surface area contributed by atoms with Gasteiger partial charge in [-0.3, -0.25) is 4.79 Å². The smallest absolute Gasteiger partial charge is 0.306 e. The maximum Gasteiger partial charge on any atom is 0.306 e. The van der Waals surface area contributed by atoms with Crippen molar-refractivity contribution >= 4 is 5.97 Å². The Bertz CT molecular complexity index is 457. The summed E-state index contributed by atoms with van der Waals surface area (Å²) in [5.74, 6) is -1.42. The number of hydrogen-bond donors (Lipinski definition) is 1. The molecule has 0 aliphatic rings. The van der Waals surface area contributed by atoms with Crippen molar-refractivity contribution in [3.8, 4) is 5.75 Å². The van der Waals surface area contributed by atoms with Gasteiger partial charge in [0.25, 0.3) is 0 Å². The average molecular weight is 282 g/mol. The van der Waals surface area contributed by atoms with Crippen LogP contribution < -0.4 is 4.74 Å². The molecule has 4 heteroatoms.